The molecule has 10 atom stereocenters. The van der Waals surface area contributed by atoms with Crippen LogP contribution in [0.1, 0.15) is 48.4 Å². The third-order valence-electron chi connectivity index (χ3n) is 7.78. The minimum atomic E-state index is -5.65. The van der Waals surface area contributed by atoms with Gasteiger partial charge in [-0.2, -0.15) is 0 Å². The second-order valence-electron chi connectivity index (χ2n) is 11.9. The molecular formula is C35H39NaO18S. The SMILES string of the molecule is C=CCO[C@@H]1O[C@@H](C)[C@@H](OC(=O)c2ccccc2)[C@@H](O[C@@H]2O[C@H](COC(C)=O)[C@@H](OC(C)=O)[C@H](OS(=O)(=O)[O-])[C@H]2OC(C)=O)[C@@H]1OC(=O)c1ccccc1.[Na+]. The zero-order chi connectivity index (χ0) is 39.6. The Morgan fingerprint density at radius 1 is 0.709 bits per heavy atom. The molecule has 2 saturated heterocycles. The minimum Gasteiger partial charge on any atom is -0.726 e. The Kier molecular flexibility index (Phi) is 17.4. The van der Waals surface area contributed by atoms with E-state index in [1.54, 1.807) is 36.4 Å². The molecule has 2 aromatic rings. The summed E-state index contributed by atoms with van der Waals surface area (Å²) in [6.45, 7) is 7.15. The molecule has 2 aliphatic heterocycles. The van der Waals surface area contributed by atoms with Gasteiger partial charge in [0.05, 0.1) is 23.8 Å². The third kappa shape index (κ3) is 13.2. The second kappa shape index (κ2) is 21.0. The maximum absolute atomic E-state index is 13.5. The Morgan fingerprint density at radius 3 is 1.71 bits per heavy atom. The molecule has 55 heavy (non-hydrogen) atoms. The van der Waals surface area contributed by atoms with E-state index in [2.05, 4.69) is 6.58 Å². The van der Waals surface area contributed by atoms with E-state index in [0.29, 0.717) is 0 Å². The normalized spacial score (nSPS) is 27.7. The Hall–Kier alpha value is -3.76. The first kappa shape index (κ1) is 45.6. The van der Waals surface area contributed by atoms with E-state index in [1.807, 2.05) is 0 Å². The summed E-state index contributed by atoms with van der Waals surface area (Å²) in [4.78, 5) is 63.5. The largest absolute Gasteiger partial charge is 1.00 e. The standard InChI is InChI=1S/C35H40O18S.Na/c1-6-17-44-34-30(51-33(40)24-15-11-8-12-16-24)28(26(19(2)46-34)50-32(39)23-13-9-7-10-14-23)52-35-31(48-22(5)38)29(53-54(41,42)43)27(47-21(4)37)25(49-35)18-45-20(3)36;/h6-16,19,25-31,34-35H,1,17-18H2,2-5H3,(H,41,42,43);/q;+1/p-1/t19-,25+,26+,27+,28+,29-,30-,31+,34+,35-;/m0./s1. The number of hydrogen-bond acceptors (Lipinski definition) is 18. The van der Waals surface area contributed by atoms with E-state index >= 15 is 0 Å². The number of esters is 5. The molecular weight excluding hydrogens is 763 g/mol. The fourth-order valence-corrected chi connectivity index (χ4v) is 6.11. The maximum Gasteiger partial charge on any atom is 1.00 e. The molecule has 0 unspecified atom stereocenters. The van der Waals surface area contributed by atoms with Crippen molar-refractivity contribution in [1.29, 1.82) is 0 Å². The molecule has 0 radical (unpaired) electrons. The zero-order valence-electron chi connectivity index (χ0n) is 30.5. The van der Waals surface area contributed by atoms with Gasteiger partial charge in [0.1, 0.15) is 18.8 Å². The summed E-state index contributed by atoms with van der Waals surface area (Å²) in [5.74, 6) is -4.70. The van der Waals surface area contributed by atoms with Gasteiger partial charge in [-0.3, -0.25) is 18.6 Å². The second-order valence-corrected chi connectivity index (χ2v) is 12.9. The van der Waals surface area contributed by atoms with Gasteiger partial charge in [-0.25, -0.2) is 18.0 Å². The first-order valence-corrected chi connectivity index (χ1v) is 17.7. The Morgan fingerprint density at radius 2 is 1.22 bits per heavy atom. The van der Waals surface area contributed by atoms with Crippen LogP contribution in [0.25, 0.3) is 0 Å². The summed E-state index contributed by atoms with van der Waals surface area (Å²) in [5, 5.41) is 0. The molecule has 0 spiro atoms. The van der Waals surface area contributed by atoms with Gasteiger partial charge in [0.25, 0.3) is 0 Å². The Balaban J connectivity index is 0.00000812. The Bertz CT molecular complexity index is 1740. The van der Waals surface area contributed by atoms with Gasteiger partial charge in [-0.1, -0.05) is 42.5 Å². The molecule has 0 aromatic heterocycles. The molecule has 4 rings (SSSR count). The quantitative estimate of drug-likeness (QED) is 0.0512. The van der Waals surface area contributed by atoms with E-state index in [-0.39, 0.29) is 47.3 Å². The van der Waals surface area contributed by atoms with Crippen LogP contribution in [-0.2, 0) is 71.6 Å². The van der Waals surface area contributed by atoms with Crippen LogP contribution in [-0.4, -0.2) is 117 Å². The van der Waals surface area contributed by atoms with Crippen molar-refractivity contribution in [1.82, 2.24) is 0 Å². The third-order valence-corrected chi connectivity index (χ3v) is 8.24. The zero-order valence-corrected chi connectivity index (χ0v) is 33.3. The van der Waals surface area contributed by atoms with Gasteiger partial charge in [0.2, 0.25) is 10.4 Å². The summed E-state index contributed by atoms with van der Waals surface area (Å²) < 4.78 is 92.6. The molecule has 18 nitrogen and oxygen atoms in total. The van der Waals surface area contributed by atoms with Crippen molar-refractivity contribution in [2.45, 2.75) is 89.1 Å². The monoisotopic (exact) mass is 802 g/mol. The van der Waals surface area contributed by atoms with E-state index in [4.69, 9.17) is 46.8 Å². The van der Waals surface area contributed by atoms with Crippen molar-refractivity contribution in [2.75, 3.05) is 13.2 Å². The van der Waals surface area contributed by atoms with E-state index in [1.165, 1.54) is 37.3 Å². The fourth-order valence-electron chi connectivity index (χ4n) is 5.62. The fraction of sp³-hybridized carbons (Fsp3) is 0.457. The molecule has 0 saturated carbocycles. The number of hydrogen-bond donors (Lipinski definition) is 0. The molecule has 294 valence electrons. The predicted octanol–water partition coefficient (Wildman–Crippen LogP) is -1.23. The molecule has 2 heterocycles. The molecule has 2 aliphatic rings. The smallest absolute Gasteiger partial charge is 0.726 e. The molecule has 2 aromatic carbocycles. The van der Waals surface area contributed by atoms with Gasteiger partial charge in [-0.15, -0.1) is 6.58 Å². The molecule has 0 amide bonds. The predicted molar refractivity (Wildman–Crippen MR) is 178 cm³/mol. The van der Waals surface area contributed by atoms with E-state index < -0.39 is 108 Å². The van der Waals surface area contributed by atoms with Crippen LogP contribution >= 0.6 is 0 Å². The van der Waals surface area contributed by atoms with Crippen LogP contribution in [0.2, 0.25) is 0 Å². The summed E-state index contributed by atoms with van der Waals surface area (Å²) in [5.41, 5.74) is 0.194. The van der Waals surface area contributed by atoms with Gasteiger partial charge in [-0.05, 0) is 31.2 Å². The van der Waals surface area contributed by atoms with Crippen LogP contribution in [0.4, 0.5) is 0 Å². The van der Waals surface area contributed by atoms with E-state index in [0.717, 1.165) is 20.8 Å². The first-order chi connectivity index (χ1) is 25.6. The number of rotatable bonds is 15. The van der Waals surface area contributed by atoms with Crippen molar-refractivity contribution in [3.05, 3.63) is 84.4 Å². The van der Waals surface area contributed by atoms with Crippen molar-refractivity contribution < 1.29 is 113 Å². The van der Waals surface area contributed by atoms with Crippen LogP contribution in [0.5, 0.6) is 0 Å². The molecule has 2 fully saturated rings. The van der Waals surface area contributed by atoms with Gasteiger partial charge >= 0.3 is 59.4 Å². The van der Waals surface area contributed by atoms with E-state index in [9.17, 15) is 36.9 Å². The summed E-state index contributed by atoms with van der Waals surface area (Å²) >= 11 is 0. The number of carbonyl (C=O) groups excluding carboxylic acids is 5. The van der Waals surface area contributed by atoms with Crippen LogP contribution in [0, 0.1) is 0 Å². The summed E-state index contributed by atoms with van der Waals surface area (Å²) in [7, 11) is -5.65. The van der Waals surface area contributed by atoms with Crippen LogP contribution < -0.4 is 29.6 Å². The molecule has 0 aliphatic carbocycles. The van der Waals surface area contributed by atoms with Crippen molar-refractivity contribution in [3.63, 3.8) is 0 Å². The molecule has 0 bridgehead atoms. The van der Waals surface area contributed by atoms with Gasteiger partial charge in [0.15, 0.2) is 43.1 Å². The summed E-state index contributed by atoms with van der Waals surface area (Å²) in [6, 6.07) is 15.5. The number of carbonyl (C=O) groups is 5. The first-order valence-electron chi connectivity index (χ1n) is 16.4. The number of benzene rings is 2. The minimum absolute atomic E-state index is 0. The topological polar surface area (TPSA) is 235 Å². The van der Waals surface area contributed by atoms with Gasteiger partial charge < -0.3 is 47.2 Å². The van der Waals surface area contributed by atoms with Crippen molar-refractivity contribution in [2.24, 2.45) is 0 Å². The van der Waals surface area contributed by atoms with Crippen molar-refractivity contribution >= 4 is 40.2 Å². The van der Waals surface area contributed by atoms with Crippen LogP contribution in [0.15, 0.2) is 73.3 Å². The molecule has 20 heteroatoms. The summed E-state index contributed by atoms with van der Waals surface area (Å²) in [6.07, 6.45) is -15.7. The average Bonchev–Trinajstić information content (AvgIpc) is 3.11. The number of ether oxygens (including phenoxy) is 9. The van der Waals surface area contributed by atoms with Crippen molar-refractivity contribution in [3.8, 4) is 0 Å². The maximum atomic E-state index is 13.5. The average molecular weight is 803 g/mol. The van der Waals surface area contributed by atoms with Gasteiger partial charge in [0, 0.05) is 20.8 Å². The van der Waals surface area contributed by atoms with Crippen LogP contribution in [0.3, 0.4) is 0 Å². The Labute approximate surface area is 338 Å². The molecule has 0 N–H and O–H groups in total.